The Morgan fingerprint density at radius 1 is 0.583 bits per heavy atom. The lowest BCUT2D eigenvalue weighted by atomic mass is 9.89. The molecule has 0 aliphatic rings. The zero-order valence-corrected chi connectivity index (χ0v) is 11.9. The van der Waals surface area contributed by atoms with Gasteiger partial charge in [0.2, 0.25) is 0 Å². The van der Waals surface area contributed by atoms with Crippen molar-refractivity contribution in [1.29, 1.82) is 0 Å². The first-order valence-corrected chi connectivity index (χ1v) is 6.45. The quantitative estimate of drug-likeness (QED) is 0.651. The molecule has 0 aromatic heterocycles. The number of carboxylic acids is 4. The summed E-state index contributed by atoms with van der Waals surface area (Å²) in [6.45, 7) is 0. The molecule has 0 unspecified atom stereocenters. The van der Waals surface area contributed by atoms with E-state index in [4.69, 9.17) is 5.11 Å². The van der Waals surface area contributed by atoms with Crippen LogP contribution in [0.15, 0.2) is 36.4 Å². The highest BCUT2D eigenvalue weighted by atomic mass is 16.4. The predicted molar refractivity (Wildman–Crippen MR) is 79.7 cm³/mol. The number of rotatable bonds is 5. The molecule has 0 aliphatic heterocycles. The maximum absolute atomic E-state index is 11.5. The van der Waals surface area contributed by atoms with E-state index in [-0.39, 0.29) is 11.1 Å². The van der Waals surface area contributed by atoms with Gasteiger partial charge in [-0.3, -0.25) is 0 Å². The first kappa shape index (κ1) is 16.7. The van der Waals surface area contributed by atoms with Gasteiger partial charge >= 0.3 is 23.9 Å². The maximum Gasteiger partial charge on any atom is 0.337 e. The normalized spacial score (nSPS) is 10.2. The Morgan fingerprint density at radius 2 is 1.00 bits per heavy atom. The number of carbonyl (C=O) groups is 4. The van der Waals surface area contributed by atoms with Crippen LogP contribution in [-0.2, 0) is 0 Å². The van der Waals surface area contributed by atoms with E-state index in [1.54, 1.807) is 0 Å². The van der Waals surface area contributed by atoms with Crippen LogP contribution in [0.3, 0.4) is 0 Å². The van der Waals surface area contributed by atoms with Crippen LogP contribution in [0.4, 0.5) is 0 Å². The van der Waals surface area contributed by atoms with Gasteiger partial charge < -0.3 is 20.4 Å². The Balaban J connectivity index is 2.99. The second-order valence-electron chi connectivity index (χ2n) is 4.68. The van der Waals surface area contributed by atoms with Crippen LogP contribution in [0.25, 0.3) is 11.1 Å². The minimum absolute atomic E-state index is 0.294. The number of hydrogen-bond donors (Lipinski definition) is 4. The third-order valence-corrected chi connectivity index (χ3v) is 3.30. The van der Waals surface area contributed by atoms with Gasteiger partial charge in [-0.15, -0.1) is 0 Å². The summed E-state index contributed by atoms with van der Waals surface area (Å²) in [4.78, 5) is 45.6. The fourth-order valence-electron chi connectivity index (χ4n) is 2.37. The van der Waals surface area contributed by atoms with Crippen molar-refractivity contribution >= 4 is 23.9 Å². The summed E-state index contributed by atoms with van der Waals surface area (Å²) in [5.74, 6) is -6.08. The van der Waals surface area contributed by atoms with E-state index in [1.165, 1.54) is 18.2 Å². The van der Waals surface area contributed by atoms with Crippen molar-refractivity contribution in [1.82, 2.24) is 0 Å². The first-order chi connectivity index (χ1) is 11.3. The fraction of sp³-hybridized carbons (Fsp3) is 0. The van der Waals surface area contributed by atoms with Crippen molar-refractivity contribution in [2.45, 2.75) is 0 Å². The smallest absolute Gasteiger partial charge is 0.337 e. The number of carboxylic acid groups (broad SMARTS) is 4. The van der Waals surface area contributed by atoms with Crippen LogP contribution in [0, 0.1) is 0 Å². The van der Waals surface area contributed by atoms with E-state index in [9.17, 15) is 34.5 Å². The molecule has 2 aromatic rings. The van der Waals surface area contributed by atoms with Crippen molar-refractivity contribution in [2.24, 2.45) is 0 Å². The lowest BCUT2D eigenvalue weighted by molar-refractivity contribution is 0.0652. The molecular formula is C16H10O8. The summed E-state index contributed by atoms with van der Waals surface area (Å²) >= 11 is 0. The van der Waals surface area contributed by atoms with Crippen LogP contribution in [0.5, 0.6) is 0 Å². The highest BCUT2D eigenvalue weighted by Crippen LogP contribution is 2.33. The largest absolute Gasteiger partial charge is 0.478 e. The SMILES string of the molecule is O=C(O)c1cccc(-c2c(C(=O)O)cccc2C(=O)O)c1C(=O)O. The van der Waals surface area contributed by atoms with Gasteiger partial charge in [0.25, 0.3) is 0 Å². The van der Waals surface area contributed by atoms with Crippen LogP contribution >= 0.6 is 0 Å². The van der Waals surface area contributed by atoms with Gasteiger partial charge in [-0.25, -0.2) is 19.2 Å². The molecule has 0 spiro atoms. The van der Waals surface area contributed by atoms with E-state index in [0.29, 0.717) is 0 Å². The zero-order valence-electron chi connectivity index (χ0n) is 11.9. The molecule has 0 bridgehead atoms. The summed E-state index contributed by atoms with van der Waals surface area (Å²) in [6.07, 6.45) is 0. The summed E-state index contributed by atoms with van der Waals surface area (Å²) in [7, 11) is 0. The van der Waals surface area contributed by atoms with Crippen LogP contribution in [0.1, 0.15) is 41.4 Å². The van der Waals surface area contributed by atoms with Crippen LogP contribution in [-0.4, -0.2) is 44.3 Å². The van der Waals surface area contributed by atoms with E-state index in [2.05, 4.69) is 0 Å². The molecule has 0 atom stereocenters. The Labute approximate surface area is 134 Å². The molecule has 2 rings (SSSR count). The minimum Gasteiger partial charge on any atom is -0.478 e. The van der Waals surface area contributed by atoms with E-state index >= 15 is 0 Å². The van der Waals surface area contributed by atoms with E-state index in [1.807, 2.05) is 0 Å². The van der Waals surface area contributed by atoms with Gasteiger partial charge in [0.15, 0.2) is 0 Å². The molecule has 2 aromatic carbocycles. The average molecular weight is 330 g/mol. The average Bonchev–Trinajstić information content (AvgIpc) is 2.52. The molecule has 122 valence electrons. The standard InChI is InChI=1S/C16H10O8/c17-13(18)8-4-2-5-9(14(19)20)11(8)7-3-1-6-10(15(21)22)12(7)16(23)24/h1-6H,(H,17,18)(H,19,20)(H,21,22)(H,23,24). The second kappa shape index (κ2) is 6.21. The molecule has 0 fully saturated rings. The Morgan fingerprint density at radius 3 is 1.42 bits per heavy atom. The third kappa shape index (κ3) is 2.80. The van der Waals surface area contributed by atoms with Gasteiger partial charge in [-0.2, -0.15) is 0 Å². The molecule has 8 nitrogen and oxygen atoms in total. The van der Waals surface area contributed by atoms with Gasteiger partial charge in [-0.05, 0) is 23.8 Å². The fourth-order valence-corrected chi connectivity index (χ4v) is 2.37. The summed E-state index contributed by atoms with van der Waals surface area (Å²) in [5, 5.41) is 37.1. The van der Waals surface area contributed by atoms with Gasteiger partial charge in [0.05, 0.1) is 22.3 Å². The van der Waals surface area contributed by atoms with E-state index < -0.39 is 46.1 Å². The Bertz CT molecular complexity index is 849. The molecule has 0 saturated carbocycles. The number of aromatic carboxylic acids is 4. The monoisotopic (exact) mass is 330 g/mol. The van der Waals surface area contributed by atoms with E-state index in [0.717, 1.165) is 18.2 Å². The van der Waals surface area contributed by atoms with Gasteiger partial charge in [0.1, 0.15) is 0 Å². The second-order valence-corrected chi connectivity index (χ2v) is 4.68. The lowest BCUT2D eigenvalue weighted by Crippen LogP contribution is -2.13. The molecule has 0 saturated heterocycles. The molecule has 0 radical (unpaired) electrons. The summed E-state index contributed by atoms with van der Waals surface area (Å²) in [6, 6.07) is 6.86. The van der Waals surface area contributed by atoms with Gasteiger partial charge in [0, 0.05) is 5.56 Å². The zero-order chi connectivity index (χ0) is 18.0. The Kier molecular flexibility index (Phi) is 4.32. The molecule has 0 heterocycles. The van der Waals surface area contributed by atoms with Crippen molar-refractivity contribution in [3.63, 3.8) is 0 Å². The topological polar surface area (TPSA) is 149 Å². The summed E-state index contributed by atoms with van der Waals surface area (Å²) in [5.41, 5.74) is -2.80. The molecule has 0 aliphatic carbocycles. The van der Waals surface area contributed by atoms with Crippen molar-refractivity contribution in [2.75, 3.05) is 0 Å². The molecule has 4 N–H and O–H groups in total. The highest BCUT2D eigenvalue weighted by Gasteiger charge is 2.27. The molecule has 24 heavy (non-hydrogen) atoms. The van der Waals surface area contributed by atoms with Crippen molar-refractivity contribution < 1.29 is 39.6 Å². The minimum atomic E-state index is -1.61. The van der Waals surface area contributed by atoms with Crippen LogP contribution < -0.4 is 0 Å². The maximum atomic E-state index is 11.5. The highest BCUT2D eigenvalue weighted by molar-refractivity contribution is 6.12. The molecular weight excluding hydrogens is 320 g/mol. The van der Waals surface area contributed by atoms with Crippen LogP contribution in [0.2, 0.25) is 0 Å². The summed E-state index contributed by atoms with van der Waals surface area (Å²) < 4.78 is 0. The first-order valence-electron chi connectivity index (χ1n) is 6.45. The third-order valence-electron chi connectivity index (χ3n) is 3.30. The lowest BCUT2D eigenvalue weighted by Gasteiger charge is -2.14. The predicted octanol–water partition coefficient (Wildman–Crippen LogP) is 2.15. The van der Waals surface area contributed by atoms with Crippen molar-refractivity contribution in [3.8, 4) is 11.1 Å². The number of benzene rings is 2. The molecule has 0 amide bonds. The van der Waals surface area contributed by atoms with Gasteiger partial charge in [-0.1, -0.05) is 18.2 Å². The molecule has 8 heteroatoms. The Hall–Kier alpha value is -3.68. The van der Waals surface area contributed by atoms with Crippen molar-refractivity contribution in [3.05, 3.63) is 58.7 Å². The number of hydrogen-bond acceptors (Lipinski definition) is 4.